The van der Waals surface area contributed by atoms with Gasteiger partial charge in [0.1, 0.15) is 12.2 Å². The van der Waals surface area contributed by atoms with Crippen molar-refractivity contribution in [2.24, 2.45) is 0 Å². The zero-order valence-electron chi connectivity index (χ0n) is 9.94. The molecular weight excluding hydrogens is 242 g/mol. The largest absolute Gasteiger partial charge is 0.316 e. The quantitative estimate of drug-likeness (QED) is 0.509. The van der Waals surface area contributed by atoms with Gasteiger partial charge in [-0.1, -0.05) is 6.92 Å². The molecule has 0 bridgehead atoms. The van der Waals surface area contributed by atoms with Crippen molar-refractivity contribution in [1.82, 2.24) is 25.2 Å². The molecule has 0 aliphatic carbocycles. The van der Waals surface area contributed by atoms with Crippen LogP contribution in [0.3, 0.4) is 0 Å². The Labute approximate surface area is 101 Å². The van der Waals surface area contributed by atoms with E-state index in [0.717, 1.165) is 12.4 Å². The second-order valence-electron chi connectivity index (χ2n) is 3.60. The second-order valence-corrected chi connectivity index (χ2v) is 5.53. The number of H-pyrrole nitrogens is 1. The lowest BCUT2D eigenvalue weighted by Crippen LogP contribution is -2.32. The predicted octanol–water partition coefficient (Wildman–Crippen LogP) is -0.734. The molecule has 8 heteroatoms. The third-order valence-electron chi connectivity index (χ3n) is 2.17. The van der Waals surface area contributed by atoms with E-state index in [1.54, 1.807) is 0 Å². The Kier molecular flexibility index (Phi) is 6.09. The monoisotopic (exact) mass is 261 g/mol. The highest BCUT2D eigenvalue weighted by atomic mass is 32.2. The van der Waals surface area contributed by atoms with Crippen LogP contribution in [-0.4, -0.2) is 49.0 Å². The van der Waals surface area contributed by atoms with Crippen molar-refractivity contribution in [3.8, 4) is 0 Å². The highest BCUT2D eigenvalue weighted by Gasteiger charge is 2.08. The van der Waals surface area contributed by atoms with E-state index >= 15 is 0 Å². The Morgan fingerprint density at radius 2 is 2.24 bits per heavy atom. The first kappa shape index (κ1) is 14.1. The zero-order chi connectivity index (χ0) is 12.6. The molecule has 0 aromatic carbocycles. The van der Waals surface area contributed by atoms with Gasteiger partial charge < -0.3 is 5.32 Å². The first-order chi connectivity index (χ1) is 8.14. The van der Waals surface area contributed by atoms with Gasteiger partial charge in [-0.3, -0.25) is 5.10 Å². The van der Waals surface area contributed by atoms with Gasteiger partial charge in [0.2, 0.25) is 10.0 Å². The fraction of sp³-hybridized carbons (Fsp3) is 0.778. The molecular formula is C9H19N5O2S. The van der Waals surface area contributed by atoms with Crippen molar-refractivity contribution < 1.29 is 8.42 Å². The van der Waals surface area contributed by atoms with E-state index in [2.05, 4.69) is 25.2 Å². The number of aromatic amines is 1. The maximum atomic E-state index is 11.5. The van der Waals surface area contributed by atoms with Crippen LogP contribution in [0.4, 0.5) is 0 Å². The van der Waals surface area contributed by atoms with E-state index in [1.165, 1.54) is 6.33 Å². The molecule has 1 rings (SSSR count). The van der Waals surface area contributed by atoms with Gasteiger partial charge in [0.05, 0.1) is 5.75 Å². The van der Waals surface area contributed by atoms with E-state index in [1.807, 2.05) is 6.92 Å². The van der Waals surface area contributed by atoms with E-state index in [0.29, 0.717) is 25.9 Å². The lowest BCUT2D eigenvalue weighted by atomic mass is 10.3. The molecule has 0 saturated heterocycles. The molecule has 3 N–H and O–H groups in total. The summed E-state index contributed by atoms with van der Waals surface area (Å²) in [7, 11) is -3.15. The Morgan fingerprint density at radius 3 is 2.88 bits per heavy atom. The minimum Gasteiger partial charge on any atom is -0.316 e. The Balaban J connectivity index is 2.12. The molecule has 1 aromatic heterocycles. The molecule has 0 atom stereocenters. The highest BCUT2D eigenvalue weighted by Crippen LogP contribution is 1.92. The summed E-state index contributed by atoms with van der Waals surface area (Å²) in [4.78, 5) is 3.96. The Bertz CT molecular complexity index is 390. The molecule has 0 aliphatic rings. The van der Waals surface area contributed by atoms with Gasteiger partial charge >= 0.3 is 0 Å². The van der Waals surface area contributed by atoms with Crippen LogP contribution in [0.1, 0.15) is 19.2 Å². The fourth-order valence-electron chi connectivity index (χ4n) is 1.29. The van der Waals surface area contributed by atoms with Crippen LogP contribution in [0.25, 0.3) is 0 Å². The number of hydrogen-bond donors (Lipinski definition) is 3. The molecule has 0 saturated carbocycles. The number of aryl methyl sites for hydroxylation is 1. The summed E-state index contributed by atoms with van der Waals surface area (Å²) in [6.07, 6.45) is 2.83. The minimum absolute atomic E-state index is 0.114. The van der Waals surface area contributed by atoms with E-state index in [9.17, 15) is 8.42 Å². The zero-order valence-corrected chi connectivity index (χ0v) is 10.8. The van der Waals surface area contributed by atoms with Crippen LogP contribution >= 0.6 is 0 Å². The summed E-state index contributed by atoms with van der Waals surface area (Å²) in [5.41, 5.74) is 0. The lowest BCUT2D eigenvalue weighted by molar-refractivity contribution is 0.574. The average molecular weight is 261 g/mol. The Hall–Kier alpha value is -0.990. The predicted molar refractivity (Wildman–Crippen MR) is 65.0 cm³/mol. The number of hydrogen-bond acceptors (Lipinski definition) is 5. The van der Waals surface area contributed by atoms with Crippen LogP contribution in [-0.2, 0) is 16.4 Å². The third kappa shape index (κ3) is 6.35. The number of nitrogens with zero attached hydrogens (tertiary/aromatic N) is 2. The van der Waals surface area contributed by atoms with Gasteiger partial charge in [0.15, 0.2) is 0 Å². The van der Waals surface area contributed by atoms with Crippen molar-refractivity contribution >= 4 is 10.0 Å². The summed E-state index contributed by atoms with van der Waals surface area (Å²) in [5.74, 6) is 0.889. The van der Waals surface area contributed by atoms with E-state index < -0.39 is 10.0 Å². The SMILES string of the molecule is CCNCCS(=O)(=O)NCCCc1ncn[nH]1. The van der Waals surface area contributed by atoms with Gasteiger partial charge in [-0.15, -0.1) is 0 Å². The molecule has 0 unspecified atom stereocenters. The van der Waals surface area contributed by atoms with Gasteiger partial charge in [0, 0.05) is 19.5 Å². The summed E-state index contributed by atoms with van der Waals surface area (Å²) in [6.45, 7) is 3.63. The standard InChI is InChI=1S/C9H19N5O2S/c1-2-10-6-7-17(15,16)13-5-3-4-9-11-8-12-14-9/h8,10,13H,2-7H2,1H3,(H,11,12,14). The number of aromatic nitrogens is 3. The number of rotatable bonds is 9. The summed E-state index contributed by atoms with van der Waals surface area (Å²) >= 11 is 0. The van der Waals surface area contributed by atoms with Crippen molar-refractivity contribution in [3.05, 3.63) is 12.2 Å². The molecule has 0 aliphatic heterocycles. The first-order valence-electron chi connectivity index (χ1n) is 5.66. The second kappa shape index (κ2) is 7.36. The first-order valence-corrected chi connectivity index (χ1v) is 7.31. The molecule has 0 amide bonds. The van der Waals surface area contributed by atoms with E-state index in [-0.39, 0.29) is 5.75 Å². The molecule has 1 heterocycles. The molecule has 7 nitrogen and oxygen atoms in total. The van der Waals surface area contributed by atoms with Gasteiger partial charge in [0.25, 0.3) is 0 Å². The molecule has 0 radical (unpaired) electrons. The molecule has 0 fully saturated rings. The van der Waals surface area contributed by atoms with Crippen molar-refractivity contribution in [3.63, 3.8) is 0 Å². The number of nitrogens with one attached hydrogen (secondary N) is 3. The van der Waals surface area contributed by atoms with E-state index in [4.69, 9.17) is 0 Å². The molecule has 0 spiro atoms. The minimum atomic E-state index is -3.15. The molecule has 17 heavy (non-hydrogen) atoms. The molecule has 98 valence electrons. The summed E-state index contributed by atoms with van der Waals surface area (Å²) in [5, 5.41) is 9.42. The van der Waals surface area contributed by atoms with Crippen LogP contribution < -0.4 is 10.0 Å². The normalized spacial score (nSPS) is 11.8. The van der Waals surface area contributed by atoms with Crippen molar-refractivity contribution in [1.29, 1.82) is 0 Å². The maximum absolute atomic E-state index is 11.5. The van der Waals surface area contributed by atoms with Crippen LogP contribution in [0.15, 0.2) is 6.33 Å². The number of sulfonamides is 1. The maximum Gasteiger partial charge on any atom is 0.212 e. The van der Waals surface area contributed by atoms with Crippen LogP contribution in [0.2, 0.25) is 0 Å². The summed E-state index contributed by atoms with van der Waals surface area (Å²) < 4.78 is 25.5. The smallest absolute Gasteiger partial charge is 0.212 e. The van der Waals surface area contributed by atoms with Crippen molar-refractivity contribution in [2.75, 3.05) is 25.4 Å². The summed E-state index contributed by atoms with van der Waals surface area (Å²) in [6, 6.07) is 0. The Morgan fingerprint density at radius 1 is 1.41 bits per heavy atom. The van der Waals surface area contributed by atoms with Crippen LogP contribution in [0.5, 0.6) is 0 Å². The topological polar surface area (TPSA) is 99.8 Å². The van der Waals surface area contributed by atoms with Gasteiger partial charge in [-0.05, 0) is 13.0 Å². The van der Waals surface area contributed by atoms with Crippen LogP contribution in [0, 0.1) is 0 Å². The third-order valence-corrected chi connectivity index (χ3v) is 3.56. The molecule has 1 aromatic rings. The van der Waals surface area contributed by atoms with Crippen molar-refractivity contribution in [2.45, 2.75) is 19.8 Å². The van der Waals surface area contributed by atoms with Gasteiger partial charge in [-0.2, -0.15) is 5.10 Å². The van der Waals surface area contributed by atoms with Gasteiger partial charge in [-0.25, -0.2) is 18.1 Å². The lowest BCUT2D eigenvalue weighted by Gasteiger charge is -2.06. The highest BCUT2D eigenvalue weighted by molar-refractivity contribution is 7.89. The average Bonchev–Trinajstić information content (AvgIpc) is 2.77. The fourth-order valence-corrected chi connectivity index (χ4v) is 2.30.